The number of nitrogens with zero attached hydrogens (tertiary/aromatic N) is 1. The molecule has 118 valence electrons. The van der Waals surface area contributed by atoms with E-state index >= 15 is 0 Å². The minimum absolute atomic E-state index is 0.0251. The summed E-state index contributed by atoms with van der Waals surface area (Å²) < 4.78 is 38.5. The zero-order valence-corrected chi connectivity index (χ0v) is 14.4. The first-order valence-electron chi connectivity index (χ1n) is 6.31. The molecular formula is C14H17BrF3NOS. The molecule has 2 nitrogen and oxygen atoms in total. The molecule has 1 rings (SSSR count). The number of hydrogen-bond acceptors (Lipinski definition) is 2. The van der Waals surface area contributed by atoms with Gasteiger partial charge in [0.25, 0.3) is 5.91 Å². The number of carbonyl (C=O) groups excluding carboxylic acids is 1. The first kappa shape index (κ1) is 18.4. The molecule has 1 aromatic carbocycles. The Morgan fingerprint density at radius 3 is 2.57 bits per heavy atom. The van der Waals surface area contributed by atoms with Crippen molar-refractivity contribution in [3.63, 3.8) is 0 Å². The molecule has 0 saturated heterocycles. The van der Waals surface area contributed by atoms with Gasteiger partial charge in [-0.15, -0.1) is 0 Å². The Hall–Kier alpha value is -0.690. The molecule has 1 amide bonds. The Bertz CT molecular complexity index is 507. The van der Waals surface area contributed by atoms with Gasteiger partial charge in [-0.1, -0.05) is 15.9 Å². The summed E-state index contributed by atoms with van der Waals surface area (Å²) in [6.45, 7) is 1.89. The second-order valence-electron chi connectivity index (χ2n) is 4.74. The first-order chi connectivity index (χ1) is 9.68. The van der Waals surface area contributed by atoms with Crippen molar-refractivity contribution in [3.05, 3.63) is 33.8 Å². The molecule has 1 unspecified atom stereocenters. The van der Waals surface area contributed by atoms with Gasteiger partial charge in [0.2, 0.25) is 0 Å². The average Bonchev–Trinajstić information content (AvgIpc) is 2.42. The minimum atomic E-state index is -4.49. The predicted octanol–water partition coefficient (Wildman–Crippen LogP) is 4.68. The van der Waals surface area contributed by atoms with Crippen LogP contribution in [0.1, 0.15) is 29.3 Å². The molecule has 7 heteroatoms. The molecule has 0 heterocycles. The van der Waals surface area contributed by atoms with Crippen LogP contribution in [-0.4, -0.2) is 35.9 Å². The maximum atomic E-state index is 12.9. The fraction of sp³-hybridized carbons (Fsp3) is 0.500. The van der Waals surface area contributed by atoms with E-state index in [-0.39, 0.29) is 16.1 Å². The van der Waals surface area contributed by atoms with Crippen LogP contribution in [0.25, 0.3) is 0 Å². The molecular weight excluding hydrogens is 367 g/mol. The zero-order valence-electron chi connectivity index (χ0n) is 12.0. The van der Waals surface area contributed by atoms with Crippen molar-refractivity contribution in [2.75, 3.05) is 19.1 Å². The SMILES string of the molecule is CSCCC(C)N(C)C(=O)c1ccc(Br)c(C(F)(F)F)c1. The Morgan fingerprint density at radius 2 is 2.05 bits per heavy atom. The summed E-state index contributed by atoms with van der Waals surface area (Å²) in [4.78, 5) is 13.8. The van der Waals surface area contributed by atoms with Crippen LogP contribution in [-0.2, 0) is 6.18 Å². The number of alkyl halides is 3. The normalized spacial score (nSPS) is 13.1. The molecule has 0 bridgehead atoms. The molecule has 0 saturated carbocycles. The van der Waals surface area contributed by atoms with Crippen LogP contribution in [0.3, 0.4) is 0 Å². The molecule has 0 N–H and O–H groups in total. The summed E-state index contributed by atoms with van der Waals surface area (Å²) in [6, 6.07) is 3.53. The van der Waals surface area contributed by atoms with Crippen molar-refractivity contribution < 1.29 is 18.0 Å². The van der Waals surface area contributed by atoms with Crippen LogP contribution in [0.15, 0.2) is 22.7 Å². The van der Waals surface area contributed by atoms with Gasteiger partial charge in [0.05, 0.1) is 5.56 Å². The molecule has 21 heavy (non-hydrogen) atoms. The van der Waals surface area contributed by atoms with Gasteiger partial charge in [-0.2, -0.15) is 24.9 Å². The first-order valence-corrected chi connectivity index (χ1v) is 8.50. The molecule has 0 aliphatic rings. The lowest BCUT2D eigenvalue weighted by Gasteiger charge is -2.25. The van der Waals surface area contributed by atoms with Gasteiger partial charge in [-0.25, -0.2) is 0 Å². The van der Waals surface area contributed by atoms with Gasteiger partial charge in [0.1, 0.15) is 0 Å². The lowest BCUT2D eigenvalue weighted by atomic mass is 10.1. The standard InChI is InChI=1S/C14H17BrF3NOS/c1-9(6-7-21-3)19(2)13(20)10-4-5-12(15)11(8-10)14(16,17)18/h4-5,8-9H,6-7H2,1-3H3. The van der Waals surface area contributed by atoms with Gasteiger partial charge in [-0.05, 0) is 43.6 Å². The quantitative estimate of drug-likeness (QED) is 0.735. The molecule has 0 fully saturated rings. The molecule has 0 aliphatic heterocycles. The summed E-state index contributed by atoms with van der Waals surface area (Å²) in [5, 5.41) is 0. The predicted molar refractivity (Wildman–Crippen MR) is 83.7 cm³/mol. The summed E-state index contributed by atoms with van der Waals surface area (Å²) in [7, 11) is 1.61. The van der Waals surface area contributed by atoms with E-state index in [0.717, 1.165) is 18.2 Å². The van der Waals surface area contributed by atoms with Gasteiger partial charge >= 0.3 is 6.18 Å². The van der Waals surface area contributed by atoms with Crippen LogP contribution in [0.5, 0.6) is 0 Å². The molecule has 1 atom stereocenters. The Morgan fingerprint density at radius 1 is 1.43 bits per heavy atom. The fourth-order valence-electron chi connectivity index (χ4n) is 1.76. The van der Waals surface area contributed by atoms with Gasteiger partial charge < -0.3 is 4.90 Å². The summed E-state index contributed by atoms with van der Waals surface area (Å²) in [5.41, 5.74) is -0.789. The van der Waals surface area contributed by atoms with Gasteiger partial charge in [0, 0.05) is 23.1 Å². The molecule has 0 aromatic heterocycles. The summed E-state index contributed by atoms with van der Waals surface area (Å²) >= 11 is 4.54. The number of rotatable bonds is 5. The van der Waals surface area contributed by atoms with E-state index in [9.17, 15) is 18.0 Å². The van der Waals surface area contributed by atoms with E-state index in [1.54, 1.807) is 18.8 Å². The minimum Gasteiger partial charge on any atom is -0.339 e. The molecule has 0 radical (unpaired) electrons. The Balaban J connectivity index is 2.98. The van der Waals surface area contributed by atoms with E-state index in [1.165, 1.54) is 17.0 Å². The van der Waals surface area contributed by atoms with Crippen LogP contribution < -0.4 is 0 Å². The monoisotopic (exact) mass is 383 g/mol. The lowest BCUT2D eigenvalue weighted by molar-refractivity contribution is -0.138. The van der Waals surface area contributed by atoms with Crippen LogP contribution in [0.4, 0.5) is 13.2 Å². The van der Waals surface area contributed by atoms with E-state index in [2.05, 4.69) is 15.9 Å². The van der Waals surface area contributed by atoms with Crippen LogP contribution in [0.2, 0.25) is 0 Å². The third-order valence-electron chi connectivity index (χ3n) is 3.24. The third kappa shape index (κ3) is 4.92. The lowest BCUT2D eigenvalue weighted by Crippen LogP contribution is -2.35. The zero-order chi connectivity index (χ0) is 16.2. The van der Waals surface area contributed by atoms with Crippen molar-refractivity contribution in [1.29, 1.82) is 0 Å². The van der Waals surface area contributed by atoms with Crippen LogP contribution in [0, 0.1) is 0 Å². The van der Waals surface area contributed by atoms with Crippen molar-refractivity contribution >= 4 is 33.6 Å². The van der Waals surface area contributed by atoms with Gasteiger partial charge in [0.15, 0.2) is 0 Å². The smallest absolute Gasteiger partial charge is 0.339 e. The van der Waals surface area contributed by atoms with Crippen molar-refractivity contribution in [1.82, 2.24) is 4.90 Å². The Kier molecular flexibility index (Phi) is 6.59. The highest BCUT2D eigenvalue weighted by atomic mass is 79.9. The maximum absolute atomic E-state index is 12.9. The van der Waals surface area contributed by atoms with Crippen molar-refractivity contribution in [2.24, 2.45) is 0 Å². The van der Waals surface area contributed by atoms with Crippen molar-refractivity contribution in [3.8, 4) is 0 Å². The second-order valence-corrected chi connectivity index (χ2v) is 6.58. The van der Waals surface area contributed by atoms with E-state index in [4.69, 9.17) is 0 Å². The molecule has 0 aliphatic carbocycles. The number of halogens is 4. The third-order valence-corrected chi connectivity index (χ3v) is 4.58. The highest BCUT2D eigenvalue weighted by Gasteiger charge is 2.34. The highest BCUT2D eigenvalue weighted by molar-refractivity contribution is 9.10. The fourth-order valence-corrected chi connectivity index (χ4v) is 2.81. The van der Waals surface area contributed by atoms with E-state index < -0.39 is 17.6 Å². The Labute approximate surface area is 135 Å². The molecule has 0 spiro atoms. The highest BCUT2D eigenvalue weighted by Crippen LogP contribution is 2.35. The summed E-state index contributed by atoms with van der Waals surface area (Å²) in [6.07, 6.45) is -1.72. The topological polar surface area (TPSA) is 20.3 Å². The number of thioether (sulfide) groups is 1. The number of benzene rings is 1. The largest absolute Gasteiger partial charge is 0.417 e. The second kappa shape index (κ2) is 7.54. The average molecular weight is 384 g/mol. The maximum Gasteiger partial charge on any atom is 0.417 e. The number of amides is 1. The molecule has 1 aromatic rings. The van der Waals surface area contributed by atoms with E-state index in [1.807, 2.05) is 13.2 Å². The number of hydrogen-bond donors (Lipinski definition) is 0. The number of carbonyl (C=O) groups is 1. The van der Waals surface area contributed by atoms with Crippen molar-refractivity contribution in [2.45, 2.75) is 25.6 Å². The van der Waals surface area contributed by atoms with E-state index in [0.29, 0.717) is 0 Å². The summed E-state index contributed by atoms with van der Waals surface area (Å²) in [5.74, 6) is 0.494. The van der Waals surface area contributed by atoms with Gasteiger partial charge in [-0.3, -0.25) is 4.79 Å². The van der Waals surface area contributed by atoms with Crippen LogP contribution >= 0.6 is 27.7 Å².